The summed E-state index contributed by atoms with van der Waals surface area (Å²) in [6, 6.07) is 7.54. The van der Waals surface area contributed by atoms with Crippen LogP contribution in [0, 0.1) is 0 Å². The van der Waals surface area contributed by atoms with Crippen LogP contribution in [-0.2, 0) is 0 Å². The van der Waals surface area contributed by atoms with Crippen LogP contribution in [-0.4, -0.2) is 37.6 Å². The van der Waals surface area contributed by atoms with Gasteiger partial charge in [-0.15, -0.1) is 11.3 Å². The topological polar surface area (TPSA) is 75.3 Å². The van der Waals surface area contributed by atoms with E-state index < -0.39 is 0 Å². The summed E-state index contributed by atoms with van der Waals surface area (Å²) in [5.74, 6) is 0.647. The lowest BCUT2D eigenvalue weighted by Crippen LogP contribution is -2.32. The van der Waals surface area contributed by atoms with Crippen LogP contribution in [0.25, 0.3) is 0 Å². The Labute approximate surface area is 140 Å². The molecule has 0 fully saturated rings. The second-order valence-corrected chi connectivity index (χ2v) is 5.76. The van der Waals surface area contributed by atoms with Gasteiger partial charge >= 0.3 is 0 Å². The summed E-state index contributed by atoms with van der Waals surface area (Å²) in [6.07, 6.45) is 1.08. The fourth-order valence-corrected chi connectivity index (χ4v) is 2.60. The fraction of sp³-hybridized carbons (Fsp3) is 0.375. The van der Waals surface area contributed by atoms with E-state index >= 15 is 0 Å². The lowest BCUT2D eigenvalue weighted by atomic mass is 10.3. The number of amides is 1. The standard InChI is InChI=1S/C16H22N4O2S/c1-3-8-17-9-10-18-15(21)14-11-23-16(20-14)19-12-4-6-13(22-2)7-5-12/h4-7,11,17H,3,8-10H2,1-2H3,(H,18,21)(H,19,20). The van der Waals surface area contributed by atoms with Crippen molar-refractivity contribution in [3.8, 4) is 5.75 Å². The van der Waals surface area contributed by atoms with E-state index in [0.717, 1.165) is 30.9 Å². The number of carbonyl (C=O) groups is 1. The molecule has 0 bridgehead atoms. The molecule has 0 aliphatic rings. The van der Waals surface area contributed by atoms with Crippen molar-refractivity contribution >= 4 is 28.1 Å². The van der Waals surface area contributed by atoms with Crippen LogP contribution in [0.5, 0.6) is 5.75 Å². The zero-order valence-electron chi connectivity index (χ0n) is 13.4. The Hall–Kier alpha value is -2.12. The predicted molar refractivity (Wildman–Crippen MR) is 93.9 cm³/mol. The Balaban J connectivity index is 1.83. The summed E-state index contributed by atoms with van der Waals surface area (Å²) >= 11 is 1.40. The number of thiazole rings is 1. The molecule has 3 N–H and O–H groups in total. The second-order valence-electron chi connectivity index (χ2n) is 4.90. The van der Waals surface area contributed by atoms with Gasteiger partial charge in [0.25, 0.3) is 5.91 Å². The Morgan fingerprint density at radius 3 is 2.70 bits per heavy atom. The maximum absolute atomic E-state index is 12.0. The number of nitrogens with zero attached hydrogens (tertiary/aromatic N) is 1. The second kappa shape index (κ2) is 9.12. The SMILES string of the molecule is CCCNCCNC(=O)c1csc(Nc2ccc(OC)cc2)n1. The van der Waals surface area contributed by atoms with Gasteiger partial charge < -0.3 is 20.7 Å². The van der Waals surface area contributed by atoms with Crippen molar-refractivity contribution in [2.45, 2.75) is 13.3 Å². The Kier molecular flexibility index (Phi) is 6.83. The van der Waals surface area contributed by atoms with Crippen molar-refractivity contribution in [3.05, 3.63) is 35.3 Å². The molecule has 124 valence electrons. The molecular weight excluding hydrogens is 312 g/mol. The average Bonchev–Trinajstić information content (AvgIpc) is 3.04. The van der Waals surface area contributed by atoms with Crippen molar-refractivity contribution < 1.29 is 9.53 Å². The predicted octanol–water partition coefficient (Wildman–Crippen LogP) is 2.62. The molecule has 0 spiro atoms. The van der Waals surface area contributed by atoms with Gasteiger partial charge in [-0.25, -0.2) is 4.98 Å². The average molecular weight is 334 g/mol. The number of ether oxygens (including phenoxy) is 1. The van der Waals surface area contributed by atoms with Crippen LogP contribution in [0.3, 0.4) is 0 Å². The Morgan fingerprint density at radius 2 is 2.00 bits per heavy atom. The molecule has 23 heavy (non-hydrogen) atoms. The molecular formula is C16H22N4O2S. The monoisotopic (exact) mass is 334 g/mol. The third-order valence-corrected chi connectivity index (χ3v) is 3.85. The van der Waals surface area contributed by atoms with Gasteiger partial charge in [0.1, 0.15) is 11.4 Å². The van der Waals surface area contributed by atoms with Gasteiger partial charge in [-0.1, -0.05) is 6.92 Å². The van der Waals surface area contributed by atoms with Crippen molar-refractivity contribution in [3.63, 3.8) is 0 Å². The molecule has 1 amide bonds. The fourth-order valence-electron chi connectivity index (χ4n) is 1.89. The van der Waals surface area contributed by atoms with Crippen molar-refractivity contribution in [1.29, 1.82) is 0 Å². The van der Waals surface area contributed by atoms with Gasteiger partial charge in [0, 0.05) is 24.2 Å². The summed E-state index contributed by atoms with van der Waals surface area (Å²) < 4.78 is 5.12. The minimum atomic E-state index is -0.151. The normalized spacial score (nSPS) is 10.3. The van der Waals surface area contributed by atoms with Crippen LogP contribution < -0.4 is 20.7 Å². The maximum atomic E-state index is 12.0. The molecule has 2 aromatic rings. The molecule has 0 saturated heterocycles. The lowest BCUT2D eigenvalue weighted by Gasteiger charge is -2.05. The molecule has 7 heteroatoms. The van der Waals surface area contributed by atoms with Gasteiger partial charge in [0.05, 0.1) is 7.11 Å². The molecule has 0 aliphatic carbocycles. The number of nitrogens with one attached hydrogen (secondary N) is 3. The van der Waals surface area contributed by atoms with Crippen LogP contribution in [0.4, 0.5) is 10.8 Å². The highest BCUT2D eigenvalue weighted by Crippen LogP contribution is 2.22. The highest BCUT2D eigenvalue weighted by molar-refractivity contribution is 7.14. The highest BCUT2D eigenvalue weighted by Gasteiger charge is 2.10. The van der Waals surface area contributed by atoms with Crippen LogP contribution in [0.1, 0.15) is 23.8 Å². The van der Waals surface area contributed by atoms with E-state index in [1.54, 1.807) is 12.5 Å². The molecule has 0 unspecified atom stereocenters. The molecule has 0 aliphatic heterocycles. The minimum Gasteiger partial charge on any atom is -0.497 e. The smallest absolute Gasteiger partial charge is 0.270 e. The van der Waals surface area contributed by atoms with Gasteiger partial charge in [0.15, 0.2) is 5.13 Å². The van der Waals surface area contributed by atoms with E-state index in [2.05, 4.69) is 27.9 Å². The number of hydrogen-bond acceptors (Lipinski definition) is 6. The van der Waals surface area contributed by atoms with Crippen molar-refractivity contribution in [2.24, 2.45) is 0 Å². The van der Waals surface area contributed by atoms with E-state index in [1.165, 1.54) is 11.3 Å². The zero-order valence-corrected chi connectivity index (χ0v) is 14.2. The van der Waals surface area contributed by atoms with E-state index in [-0.39, 0.29) is 5.91 Å². The van der Waals surface area contributed by atoms with Crippen LogP contribution in [0.2, 0.25) is 0 Å². The third kappa shape index (κ3) is 5.54. The van der Waals surface area contributed by atoms with Gasteiger partial charge in [-0.05, 0) is 37.2 Å². The summed E-state index contributed by atoms with van der Waals surface area (Å²) in [5, 5.41) is 11.7. The maximum Gasteiger partial charge on any atom is 0.270 e. The van der Waals surface area contributed by atoms with Crippen LogP contribution >= 0.6 is 11.3 Å². The van der Waals surface area contributed by atoms with Gasteiger partial charge in [-0.3, -0.25) is 4.79 Å². The number of aromatic nitrogens is 1. The first-order valence-corrected chi connectivity index (χ1v) is 8.46. The first kappa shape index (κ1) is 17.2. The first-order chi connectivity index (χ1) is 11.2. The van der Waals surface area contributed by atoms with E-state index in [0.29, 0.717) is 17.4 Å². The van der Waals surface area contributed by atoms with E-state index in [9.17, 15) is 4.79 Å². The molecule has 2 rings (SSSR count). The zero-order chi connectivity index (χ0) is 16.5. The van der Waals surface area contributed by atoms with E-state index in [1.807, 2.05) is 24.3 Å². The number of benzene rings is 1. The lowest BCUT2D eigenvalue weighted by molar-refractivity contribution is 0.0950. The molecule has 0 saturated carbocycles. The molecule has 1 aromatic carbocycles. The Bertz CT molecular complexity index is 613. The van der Waals surface area contributed by atoms with E-state index in [4.69, 9.17) is 4.74 Å². The third-order valence-electron chi connectivity index (χ3n) is 3.09. The number of carbonyl (C=O) groups excluding carboxylic acids is 1. The quantitative estimate of drug-likeness (QED) is 0.615. The molecule has 0 atom stereocenters. The van der Waals surface area contributed by atoms with Crippen LogP contribution in [0.15, 0.2) is 29.6 Å². The number of methoxy groups -OCH3 is 1. The summed E-state index contributed by atoms with van der Waals surface area (Å²) in [4.78, 5) is 16.3. The summed E-state index contributed by atoms with van der Waals surface area (Å²) in [5.41, 5.74) is 1.33. The highest BCUT2D eigenvalue weighted by atomic mass is 32.1. The molecule has 1 aromatic heterocycles. The minimum absolute atomic E-state index is 0.151. The Morgan fingerprint density at radius 1 is 1.22 bits per heavy atom. The first-order valence-electron chi connectivity index (χ1n) is 7.58. The summed E-state index contributed by atoms with van der Waals surface area (Å²) in [6.45, 7) is 4.43. The molecule has 6 nitrogen and oxygen atoms in total. The van der Waals surface area contributed by atoms with Gasteiger partial charge in [-0.2, -0.15) is 0 Å². The van der Waals surface area contributed by atoms with Gasteiger partial charge in [0.2, 0.25) is 0 Å². The van der Waals surface area contributed by atoms with Crippen molar-refractivity contribution in [1.82, 2.24) is 15.6 Å². The number of anilines is 2. The molecule has 1 heterocycles. The number of rotatable bonds is 9. The van der Waals surface area contributed by atoms with Crippen molar-refractivity contribution in [2.75, 3.05) is 32.1 Å². The largest absolute Gasteiger partial charge is 0.497 e. The summed E-state index contributed by atoms with van der Waals surface area (Å²) in [7, 11) is 1.63. The molecule has 0 radical (unpaired) electrons. The number of hydrogen-bond donors (Lipinski definition) is 3.